The fourth-order valence-electron chi connectivity index (χ4n) is 3.02. The lowest BCUT2D eigenvalue weighted by molar-refractivity contribution is 0.0887. The van der Waals surface area contributed by atoms with Gasteiger partial charge >= 0.3 is 0 Å². The van der Waals surface area contributed by atoms with E-state index in [-0.39, 0.29) is 18.1 Å². The molecule has 1 amide bonds. The van der Waals surface area contributed by atoms with E-state index < -0.39 is 0 Å². The molecule has 0 atom stereocenters. The second-order valence-electron chi connectivity index (χ2n) is 6.08. The monoisotopic (exact) mass is 360 g/mol. The van der Waals surface area contributed by atoms with Gasteiger partial charge in [0.25, 0.3) is 5.91 Å². The molecular weight excluding hydrogens is 340 g/mol. The zero-order valence-corrected chi connectivity index (χ0v) is 14.8. The number of para-hydroxylation sites is 1. The van der Waals surface area contributed by atoms with Crippen LogP contribution in [0.3, 0.4) is 0 Å². The molecule has 0 unspecified atom stereocenters. The number of halogens is 1. The molecular formula is C19H21ClN2O3. The van der Waals surface area contributed by atoms with Crippen molar-refractivity contribution in [1.82, 2.24) is 10.3 Å². The van der Waals surface area contributed by atoms with Crippen molar-refractivity contribution in [3.63, 3.8) is 0 Å². The van der Waals surface area contributed by atoms with Crippen LogP contribution in [0.4, 0.5) is 0 Å². The fraction of sp³-hybridized carbons (Fsp3) is 0.368. The van der Waals surface area contributed by atoms with E-state index >= 15 is 0 Å². The first kappa shape index (κ1) is 17.5. The molecule has 1 fully saturated rings. The van der Waals surface area contributed by atoms with Gasteiger partial charge in [-0.3, -0.25) is 4.79 Å². The van der Waals surface area contributed by atoms with E-state index in [1.807, 2.05) is 12.1 Å². The number of hydrogen-bond donors (Lipinski definition) is 1. The van der Waals surface area contributed by atoms with Gasteiger partial charge in [0.1, 0.15) is 11.9 Å². The van der Waals surface area contributed by atoms with Gasteiger partial charge in [0.2, 0.25) is 5.88 Å². The number of amides is 1. The van der Waals surface area contributed by atoms with Crippen LogP contribution in [0, 0.1) is 0 Å². The summed E-state index contributed by atoms with van der Waals surface area (Å²) in [6.45, 7) is 0. The van der Waals surface area contributed by atoms with Crippen molar-refractivity contribution >= 4 is 17.5 Å². The van der Waals surface area contributed by atoms with E-state index in [4.69, 9.17) is 21.1 Å². The quantitative estimate of drug-likeness (QED) is 0.879. The maximum absolute atomic E-state index is 12.5. The number of benzene rings is 1. The highest BCUT2D eigenvalue weighted by Gasteiger charge is 2.25. The number of carbonyl (C=O) groups excluding carboxylic acids is 1. The molecule has 2 aromatic rings. The molecule has 1 aromatic carbocycles. The number of methoxy groups -OCH3 is 1. The van der Waals surface area contributed by atoms with E-state index in [1.165, 1.54) is 0 Å². The van der Waals surface area contributed by atoms with Gasteiger partial charge in [-0.1, -0.05) is 23.7 Å². The van der Waals surface area contributed by atoms with E-state index in [0.29, 0.717) is 22.2 Å². The normalized spacial score (nSPS) is 19.9. The van der Waals surface area contributed by atoms with Crippen molar-refractivity contribution in [2.75, 3.05) is 7.11 Å². The SMILES string of the molecule is COc1ccccc1C(=O)NC1CCC(Oc2ccc(Cl)cn2)CC1. The minimum absolute atomic E-state index is 0.0961. The lowest BCUT2D eigenvalue weighted by Crippen LogP contribution is -2.39. The first-order valence-electron chi connectivity index (χ1n) is 8.38. The van der Waals surface area contributed by atoms with Crippen molar-refractivity contribution < 1.29 is 14.3 Å². The van der Waals surface area contributed by atoms with Crippen LogP contribution in [0.25, 0.3) is 0 Å². The Morgan fingerprint density at radius 3 is 2.60 bits per heavy atom. The molecule has 0 radical (unpaired) electrons. The molecule has 1 saturated carbocycles. The van der Waals surface area contributed by atoms with Crippen LogP contribution in [-0.4, -0.2) is 30.1 Å². The molecule has 1 aliphatic carbocycles. The van der Waals surface area contributed by atoms with Gasteiger partial charge in [-0.25, -0.2) is 4.98 Å². The lowest BCUT2D eigenvalue weighted by Gasteiger charge is -2.29. The highest BCUT2D eigenvalue weighted by Crippen LogP contribution is 2.24. The fourth-order valence-corrected chi connectivity index (χ4v) is 3.13. The minimum Gasteiger partial charge on any atom is -0.496 e. The average Bonchev–Trinajstić information content (AvgIpc) is 2.65. The van der Waals surface area contributed by atoms with Gasteiger partial charge < -0.3 is 14.8 Å². The number of pyridine rings is 1. The molecule has 1 aromatic heterocycles. The van der Waals surface area contributed by atoms with Crippen molar-refractivity contribution in [2.45, 2.75) is 37.8 Å². The summed E-state index contributed by atoms with van der Waals surface area (Å²) < 4.78 is 11.1. The number of nitrogens with zero attached hydrogens (tertiary/aromatic N) is 1. The zero-order valence-electron chi connectivity index (χ0n) is 14.1. The summed E-state index contributed by atoms with van der Waals surface area (Å²) in [7, 11) is 1.57. The Labute approximate surface area is 152 Å². The van der Waals surface area contributed by atoms with Crippen molar-refractivity contribution in [2.24, 2.45) is 0 Å². The summed E-state index contributed by atoms with van der Waals surface area (Å²) in [6, 6.07) is 10.9. The topological polar surface area (TPSA) is 60.5 Å². The van der Waals surface area contributed by atoms with Crippen molar-refractivity contribution in [1.29, 1.82) is 0 Å². The van der Waals surface area contributed by atoms with E-state index in [9.17, 15) is 4.79 Å². The predicted octanol–water partition coefficient (Wildman–Crippen LogP) is 3.86. The Kier molecular flexibility index (Phi) is 5.76. The van der Waals surface area contributed by atoms with Crippen LogP contribution in [0.1, 0.15) is 36.0 Å². The lowest BCUT2D eigenvalue weighted by atomic mass is 9.92. The molecule has 0 bridgehead atoms. The minimum atomic E-state index is -0.0961. The highest BCUT2D eigenvalue weighted by molar-refractivity contribution is 6.30. The third-order valence-corrected chi connectivity index (χ3v) is 4.57. The molecule has 25 heavy (non-hydrogen) atoms. The van der Waals surface area contributed by atoms with Gasteiger partial charge in [0.15, 0.2) is 0 Å². The van der Waals surface area contributed by atoms with Gasteiger partial charge in [-0.15, -0.1) is 0 Å². The number of carbonyl (C=O) groups is 1. The number of aromatic nitrogens is 1. The number of nitrogens with one attached hydrogen (secondary N) is 1. The maximum Gasteiger partial charge on any atom is 0.255 e. The summed E-state index contributed by atoms with van der Waals surface area (Å²) in [6.07, 6.45) is 5.20. The molecule has 0 spiro atoms. The predicted molar refractivity (Wildman–Crippen MR) is 96.4 cm³/mol. The molecule has 1 aliphatic rings. The Balaban J connectivity index is 1.50. The van der Waals surface area contributed by atoms with Crippen molar-refractivity contribution in [3.8, 4) is 11.6 Å². The van der Waals surface area contributed by atoms with E-state index in [1.54, 1.807) is 37.6 Å². The number of rotatable bonds is 5. The molecule has 5 nitrogen and oxygen atoms in total. The molecule has 3 rings (SSSR count). The number of ether oxygens (including phenoxy) is 2. The second kappa shape index (κ2) is 8.21. The van der Waals surface area contributed by atoms with Gasteiger partial charge in [-0.05, 0) is 43.9 Å². The summed E-state index contributed by atoms with van der Waals surface area (Å²) in [5, 5.41) is 3.69. The van der Waals surface area contributed by atoms with Crippen LogP contribution in [0.5, 0.6) is 11.6 Å². The average molecular weight is 361 g/mol. The molecule has 1 N–H and O–H groups in total. The first-order valence-corrected chi connectivity index (χ1v) is 8.75. The molecule has 0 aliphatic heterocycles. The summed E-state index contributed by atoms with van der Waals surface area (Å²) in [4.78, 5) is 16.6. The van der Waals surface area contributed by atoms with Crippen LogP contribution in [0.15, 0.2) is 42.6 Å². The Hall–Kier alpha value is -2.27. The van der Waals surface area contributed by atoms with Gasteiger partial charge in [-0.2, -0.15) is 0 Å². The standard InChI is InChI=1S/C19H21ClN2O3/c1-24-17-5-3-2-4-16(17)19(23)22-14-7-9-15(10-8-14)25-18-11-6-13(20)12-21-18/h2-6,11-12,14-15H,7-10H2,1H3,(H,22,23). The van der Waals surface area contributed by atoms with Crippen LogP contribution >= 0.6 is 11.6 Å². The van der Waals surface area contributed by atoms with Gasteiger partial charge in [0.05, 0.1) is 17.7 Å². The molecule has 132 valence electrons. The van der Waals surface area contributed by atoms with Crippen LogP contribution in [0.2, 0.25) is 5.02 Å². The molecule has 1 heterocycles. The smallest absolute Gasteiger partial charge is 0.255 e. The van der Waals surface area contributed by atoms with E-state index in [2.05, 4.69) is 10.3 Å². The zero-order chi connectivity index (χ0) is 17.6. The highest BCUT2D eigenvalue weighted by atomic mass is 35.5. The van der Waals surface area contributed by atoms with E-state index in [0.717, 1.165) is 25.7 Å². The largest absolute Gasteiger partial charge is 0.496 e. The third-order valence-electron chi connectivity index (χ3n) is 4.35. The first-order chi connectivity index (χ1) is 12.2. The van der Waals surface area contributed by atoms with Crippen LogP contribution < -0.4 is 14.8 Å². The Bertz CT molecular complexity index is 713. The maximum atomic E-state index is 12.5. The second-order valence-corrected chi connectivity index (χ2v) is 6.52. The number of hydrogen-bond acceptors (Lipinski definition) is 4. The summed E-state index contributed by atoms with van der Waals surface area (Å²) in [5.74, 6) is 1.08. The summed E-state index contributed by atoms with van der Waals surface area (Å²) >= 11 is 5.83. The van der Waals surface area contributed by atoms with Crippen LogP contribution in [-0.2, 0) is 0 Å². The third kappa shape index (κ3) is 4.63. The Morgan fingerprint density at radius 2 is 1.92 bits per heavy atom. The molecule has 6 heteroatoms. The van der Waals surface area contributed by atoms with Gasteiger partial charge in [0, 0.05) is 18.3 Å². The Morgan fingerprint density at radius 1 is 1.16 bits per heavy atom. The summed E-state index contributed by atoms with van der Waals surface area (Å²) in [5.41, 5.74) is 0.564. The molecule has 0 saturated heterocycles. The van der Waals surface area contributed by atoms with Crippen molar-refractivity contribution in [3.05, 3.63) is 53.2 Å².